The molecule has 0 fully saturated rings. The normalized spacial score (nSPS) is 11.2. The number of hydrogen-bond donors (Lipinski definition) is 2. The van der Waals surface area contributed by atoms with E-state index in [4.69, 9.17) is 18.0 Å². The topological polar surface area (TPSA) is 55.1 Å². The molecule has 0 radical (unpaired) electrons. The van der Waals surface area contributed by atoms with Gasteiger partial charge in [0.15, 0.2) is 0 Å². The predicted octanol–water partition coefficient (Wildman–Crippen LogP) is 2.67. The first-order valence-corrected chi connectivity index (χ1v) is 6.80. The first kappa shape index (κ1) is 16.5. The summed E-state index contributed by atoms with van der Waals surface area (Å²) >= 11 is 4.97. The molecule has 3 nitrogen and oxygen atoms in total. The fourth-order valence-electron chi connectivity index (χ4n) is 2.04. The lowest BCUT2D eigenvalue weighted by atomic mass is 9.81. The fraction of sp³-hybridized carbons (Fsp3) is 0.429. The van der Waals surface area contributed by atoms with Gasteiger partial charge in [0.05, 0.1) is 10.4 Å². The van der Waals surface area contributed by atoms with Crippen molar-refractivity contribution in [2.45, 2.75) is 33.2 Å². The highest BCUT2D eigenvalue weighted by molar-refractivity contribution is 7.80. The van der Waals surface area contributed by atoms with Gasteiger partial charge >= 0.3 is 0 Å². The van der Waals surface area contributed by atoms with E-state index in [0.717, 1.165) is 12.1 Å². The van der Waals surface area contributed by atoms with Crippen LogP contribution in [0.1, 0.15) is 32.3 Å². The molecule has 6 heteroatoms. The van der Waals surface area contributed by atoms with Crippen LogP contribution in [-0.4, -0.2) is 10.9 Å². The van der Waals surface area contributed by atoms with Crippen LogP contribution in [0.25, 0.3) is 0 Å². The molecule has 0 saturated carbocycles. The average molecular weight is 300 g/mol. The summed E-state index contributed by atoms with van der Waals surface area (Å²) in [6.07, 6.45) is 0.938. The number of nitrogens with one attached hydrogen (secondary N) is 1. The van der Waals surface area contributed by atoms with Gasteiger partial charge in [0, 0.05) is 18.2 Å². The Morgan fingerprint density at radius 2 is 1.95 bits per heavy atom. The highest BCUT2D eigenvalue weighted by atomic mass is 32.1. The van der Waals surface area contributed by atoms with Crippen LogP contribution in [0.3, 0.4) is 0 Å². The van der Waals surface area contributed by atoms with Crippen molar-refractivity contribution < 1.29 is 13.6 Å². The van der Waals surface area contributed by atoms with E-state index >= 15 is 0 Å². The lowest BCUT2D eigenvalue weighted by Gasteiger charge is -2.28. The molecule has 1 aromatic carbocycles. The average Bonchev–Trinajstić information content (AvgIpc) is 2.39. The number of rotatable bonds is 6. The van der Waals surface area contributed by atoms with E-state index in [1.54, 1.807) is 0 Å². The van der Waals surface area contributed by atoms with Crippen LogP contribution in [-0.2, 0) is 11.3 Å². The molecule has 0 bridgehead atoms. The van der Waals surface area contributed by atoms with Crippen molar-refractivity contribution in [2.75, 3.05) is 0 Å². The molecule has 0 spiro atoms. The first-order chi connectivity index (χ1) is 9.37. The van der Waals surface area contributed by atoms with Gasteiger partial charge < -0.3 is 11.1 Å². The zero-order valence-electron chi connectivity index (χ0n) is 11.5. The summed E-state index contributed by atoms with van der Waals surface area (Å²) in [6, 6.07) is 3.22. The Morgan fingerprint density at radius 3 is 2.40 bits per heavy atom. The number of benzene rings is 1. The Kier molecular flexibility index (Phi) is 5.56. The number of halogens is 2. The fourth-order valence-corrected chi connectivity index (χ4v) is 2.42. The van der Waals surface area contributed by atoms with Crippen LogP contribution < -0.4 is 11.1 Å². The number of carbonyl (C=O) groups is 1. The zero-order chi connectivity index (χ0) is 15.3. The second-order valence-electron chi connectivity index (χ2n) is 4.57. The number of amides is 1. The molecule has 0 atom stereocenters. The van der Waals surface area contributed by atoms with E-state index in [2.05, 4.69) is 5.32 Å². The van der Waals surface area contributed by atoms with Crippen molar-refractivity contribution >= 4 is 23.1 Å². The number of carbonyl (C=O) groups excluding carboxylic acids is 1. The molecule has 0 aliphatic carbocycles. The van der Waals surface area contributed by atoms with Gasteiger partial charge in [-0.2, -0.15) is 0 Å². The van der Waals surface area contributed by atoms with Crippen molar-refractivity contribution in [3.05, 3.63) is 35.4 Å². The zero-order valence-corrected chi connectivity index (χ0v) is 12.3. The molecule has 0 unspecified atom stereocenters. The molecular formula is C14H18F2N2OS. The van der Waals surface area contributed by atoms with Gasteiger partial charge in [-0.3, -0.25) is 4.79 Å². The van der Waals surface area contributed by atoms with Crippen molar-refractivity contribution in [3.63, 3.8) is 0 Å². The third-order valence-corrected chi connectivity index (χ3v) is 3.96. The number of nitrogens with two attached hydrogens (primary N) is 1. The van der Waals surface area contributed by atoms with Crippen molar-refractivity contribution in [1.82, 2.24) is 5.32 Å². The summed E-state index contributed by atoms with van der Waals surface area (Å²) in [5.41, 5.74) is 4.95. The molecule has 0 aliphatic heterocycles. The van der Waals surface area contributed by atoms with Gasteiger partial charge in [0.2, 0.25) is 5.91 Å². The molecule has 0 heterocycles. The van der Waals surface area contributed by atoms with Gasteiger partial charge in [0.25, 0.3) is 0 Å². The van der Waals surface area contributed by atoms with Crippen LogP contribution in [0.5, 0.6) is 0 Å². The van der Waals surface area contributed by atoms with E-state index in [0.29, 0.717) is 12.8 Å². The monoisotopic (exact) mass is 300 g/mol. The second-order valence-corrected chi connectivity index (χ2v) is 5.01. The molecule has 0 aliphatic rings. The molecule has 20 heavy (non-hydrogen) atoms. The van der Waals surface area contributed by atoms with Crippen LogP contribution in [0, 0.1) is 17.0 Å². The minimum Gasteiger partial charge on any atom is -0.392 e. The lowest BCUT2D eigenvalue weighted by Crippen LogP contribution is -2.48. The summed E-state index contributed by atoms with van der Waals surface area (Å²) < 4.78 is 26.3. The molecule has 3 N–H and O–H groups in total. The second kappa shape index (κ2) is 6.74. The highest BCUT2D eigenvalue weighted by Crippen LogP contribution is 2.27. The Labute approximate surface area is 122 Å². The predicted molar refractivity (Wildman–Crippen MR) is 78.0 cm³/mol. The Bertz CT molecular complexity index is 516. The van der Waals surface area contributed by atoms with E-state index in [1.807, 2.05) is 13.8 Å². The maximum Gasteiger partial charge on any atom is 0.233 e. The maximum atomic E-state index is 13.5. The largest absolute Gasteiger partial charge is 0.392 e. The third-order valence-electron chi connectivity index (χ3n) is 3.57. The summed E-state index contributed by atoms with van der Waals surface area (Å²) in [5.74, 6) is -1.69. The van der Waals surface area contributed by atoms with Crippen molar-refractivity contribution in [1.29, 1.82) is 0 Å². The molecule has 1 rings (SSSR count). The highest BCUT2D eigenvalue weighted by Gasteiger charge is 2.37. The number of thiocarbonyl (C=S) groups is 1. The van der Waals surface area contributed by atoms with E-state index in [9.17, 15) is 13.6 Å². The molecule has 0 aromatic heterocycles. The van der Waals surface area contributed by atoms with E-state index in [1.165, 1.54) is 6.07 Å². The van der Waals surface area contributed by atoms with E-state index < -0.39 is 17.0 Å². The first-order valence-electron chi connectivity index (χ1n) is 6.39. The number of hydrogen-bond acceptors (Lipinski definition) is 2. The van der Waals surface area contributed by atoms with Gasteiger partial charge in [-0.05, 0) is 18.9 Å². The molecule has 0 saturated heterocycles. The Morgan fingerprint density at radius 1 is 1.35 bits per heavy atom. The smallest absolute Gasteiger partial charge is 0.233 e. The molecule has 1 aromatic rings. The van der Waals surface area contributed by atoms with Gasteiger partial charge in [0.1, 0.15) is 11.6 Å². The summed E-state index contributed by atoms with van der Waals surface area (Å²) in [5, 5.41) is 2.61. The minimum absolute atomic E-state index is 0.0324. The molecule has 1 amide bonds. The SMILES string of the molecule is CCC(CC)(C(=O)NCc1ccc(F)cc1F)C(N)=S. The summed E-state index contributed by atoms with van der Waals surface area (Å²) in [6.45, 7) is 3.61. The summed E-state index contributed by atoms with van der Waals surface area (Å²) in [7, 11) is 0. The van der Waals surface area contributed by atoms with Crippen LogP contribution in [0.2, 0.25) is 0 Å². The maximum absolute atomic E-state index is 13.5. The third kappa shape index (κ3) is 3.30. The van der Waals surface area contributed by atoms with Crippen molar-refractivity contribution in [2.24, 2.45) is 11.1 Å². The Hall–Kier alpha value is -1.56. The van der Waals surface area contributed by atoms with Gasteiger partial charge in [-0.25, -0.2) is 8.78 Å². The van der Waals surface area contributed by atoms with Crippen LogP contribution >= 0.6 is 12.2 Å². The van der Waals surface area contributed by atoms with Crippen LogP contribution in [0.15, 0.2) is 18.2 Å². The quantitative estimate of drug-likeness (QED) is 0.794. The van der Waals surface area contributed by atoms with Crippen molar-refractivity contribution in [3.8, 4) is 0 Å². The lowest BCUT2D eigenvalue weighted by molar-refractivity contribution is -0.128. The van der Waals surface area contributed by atoms with E-state index in [-0.39, 0.29) is 23.0 Å². The summed E-state index contributed by atoms with van der Waals surface area (Å²) in [4.78, 5) is 12.4. The molecular weight excluding hydrogens is 282 g/mol. The van der Waals surface area contributed by atoms with Gasteiger partial charge in [-0.1, -0.05) is 32.1 Å². The van der Waals surface area contributed by atoms with Gasteiger partial charge in [-0.15, -0.1) is 0 Å². The Balaban J connectivity index is 2.83. The van der Waals surface area contributed by atoms with Crippen LogP contribution in [0.4, 0.5) is 8.78 Å². The molecule has 110 valence electrons. The minimum atomic E-state index is -0.925. The standard InChI is InChI=1S/C14H18F2N2OS/c1-3-14(4-2,12(17)20)13(19)18-8-9-5-6-10(15)7-11(9)16/h5-7H,3-4,8H2,1-2H3,(H2,17,20)(H,18,19).